The van der Waals surface area contributed by atoms with Crippen LogP contribution < -0.4 is 0 Å². The molecule has 1 unspecified atom stereocenters. The molecule has 0 N–H and O–H groups in total. The zero-order valence-corrected chi connectivity index (χ0v) is 10.1. The van der Waals surface area contributed by atoms with Gasteiger partial charge in [0.1, 0.15) is 11.8 Å². The predicted molar refractivity (Wildman–Crippen MR) is 72.9 cm³/mol. The average Bonchev–Trinajstić information content (AvgIpc) is 2.92. The molecule has 0 aliphatic carbocycles. The summed E-state index contributed by atoms with van der Waals surface area (Å²) in [5, 5.41) is 0. The summed E-state index contributed by atoms with van der Waals surface area (Å²) >= 11 is 0. The maximum Gasteiger partial charge on any atom is 0.130 e. The Labute approximate surface area is 107 Å². The van der Waals surface area contributed by atoms with Crippen LogP contribution in [0.25, 0.3) is 6.08 Å². The van der Waals surface area contributed by atoms with E-state index in [-0.39, 0.29) is 6.04 Å². The molecular weight excluding hydrogens is 222 g/mol. The number of nitrogens with zero attached hydrogens (tertiary/aromatic N) is 1. The molecule has 0 saturated carbocycles. The third-order valence-corrected chi connectivity index (χ3v) is 3.22. The van der Waals surface area contributed by atoms with E-state index in [4.69, 9.17) is 4.42 Å². The standard InChI is InChI=1S/C16H15NO/c1-2-10-17-11-9-13-6-3-4-7-14(13)16(17)15-8-5-12-18-15/h2-9,11-12,16H,1,10H2. The van der Waals surface area contributed by atoms with Gasteiger partial charge in [-0.2, -0.15) is 0 Å². The monoisotopic (exact) mass is 237 g/mol. The van der Waals surface area contributed by atoms with E-state index in [1.54, 1.807) is 6.26 Å². The number of hydrogen-bond acceptors (Lipinski definition) is 2. The molecule has 1 aliphatic heterocycles. The molecule has 0 spiro atoms. The molecule has 0 amide bonds. The molecule has 2 aromatic rings. The number of furan rings is 1. The average molecular weight is 237 g/mol. The quantitative estimate of drug-likeness (QED) is 0.754. The molecule has 1 aliphatic rings. The molecule has 1 atom stereocenters. The van der Waals surface area contributed by atoms with Gasteiger partial charge in [-0.1, -0.05) is 30.3 Å². The van der Waals surface area contributed by atoms with Crippen molar-refractivity contribution in [1.29, 1.82) is 0 Å². The van der Waals surface area contributed by atoms with Crippen molar-refractivity contribution in [3.63, 3.8) is 0 Å². The van der Waals surface area contributed by atoms with E-state index >= 15 is 0 Å². The summed E-state index contributed by atoms with van der Waals surface area (Å²) in [6.07, 6.45) is 7.88. The molecule has 2 heterocycles. The van der Waals surface area contributed by atoms with E-state index in [0.29, 0.717) is 0 Å². The van der Waals surface area contributed by atoms with Crippen molar-refractivity contribution in [2.24, 2.45) is 0 Å². The molecule has 18 heavy (non-hydrogen) atoms. The first kappa shape index (κ1) is 10.9. The van der Waals surface area contributed by atoms with Crippen LogP contribution in [0.4, 0.5) is 0 Å². The van der Waals surface area contributed by atoms with Crippen LogP contribution in [0.5, 0.6) is 0 Å². The van der Waals surface area contributed by atoms with Gasteiger partial charge in [0.15, 0.2) is 0 Å². The van der Waals surface area contributed by atoms with Gasteiger partial charge in [-0.25, -0.2) is 0 Å². The minimum absolute atomic E-state index is 0.138. The molecule has 0 radical (unpaired) electrons. The van der Waals surface area contributed by atoms with Crippen molar-refractivity contribution in [3.05, 3.63) is 78.4 Å². The van der Waals surface area contributed by atoms with Crippen molar-refractivity contribution >= 4 is 6.08 Å². The van der Waals surface area contributed by atoms with E-state index < -0.39 is 0 Å². The Kier molecular flexibility index (Phi) is 2.77. The molecule has 0 saturated heterocycles. The Hall–Kier alpha value is -2.22. The lowest BCUT2D eigenvalue weighted by atomic mass is 9.94. The Morgan fingerprint density at radius 2 is 2.11 bits per heavy atom. The number of fused-ring (bicyclic) bond motifs is 1. The smallest absolute Gasteiger partial charge is 0.130 e. The van der Waals surface area contributed by atoms with E-state index in [1.165, 1.54) is 11.1 Å². The summed E-state index contributed by atoms with van der Waals surface area (Å²) in [5.41, 5.74) is 2.52. The lowest BCUT2D eigenvalue weighted by molar-refractivity contribution is 0.300. The van der Waals surface area contributed by atoms with Crippen LogP contribution in [0.2, 0.25) is 0 Å². The van der Waals surface area contributed by atoms with Crippen LogP contribution in [-0.2, 0) is 0 Å². The van der Waals surface area contributed by atoms with E-state index in [9.17, 15) is 0 Å². The zero-order valence-electron chi connectivity index (χ0n) is 10.1. The summed E-state index contributed by atoms with van der Waals surface area (Å²) in [6, 6.07) is 12.5. The largest absolute Gasteiger partial charge is 0.467 e. The van der Waals surface area contributed by atoms with E-state index in [1.807, 2.05) is 18.2 Å². The summed E-state index contributed by atoms with van der Waals surface area (Å²) in [4.78, 5) is 2.23. The highest BCUT2D eigenvalue weighted by Crippen LogP contribution is 2.35. The molecule has 90 valence electrons. The Morgan fingerprint density at radius 3 is 2.89 bits per heavy atom. The maximum absolute atomic E-state index is 5.60. The van der Waals surface area contributed by atoms with Gasteiger partial charge < -0.3 is 9.32 Å². The van der Waals surface area contributed by atoms with Crippen molar-refractivity contribution in [1.82, 2.24) is 4.90 Å². The molecule has 2 nitrogen and oxygen atoms in total. The second-order valence-electron chi connectivity index (χ2n) is 4.35. The molecule has 3 rings (SSSR count). The highest BCUT2D eigenvalue weighted by atomic mass is 16.3. The number of hydrogen-bond donors (Lipinski definition) is 0. The molecule has 2 heteroatoms. The minimum atomic E-state index is 0.138. The summed E-state index contributed by atoms with van der Waals surface area (Å²) in [6.45, 7) is 4.62. The van der Waals surface area contributed by atoms with Crippen molar-refractivity contribution < 1.29 is 4.42 Å². The first-order valence-electron chi connectivity index (χ1n) is 6.07. The minimum Gasteiger partial charge on any atom is -0.467 e. The third kappa shape index (κ3) is 1.76. The Bertz CT molecular complexity index is 569. The van der Waals surface area contributed by atoms with Crippen LogP contribution in [0.3, 0.4) is 0 Å². The fraction of sp³-hybridized carbons (Fsp3) is 0.125. The van der Waals surface area contributed by atoms with Gasteiger partial charge in [0.25, 0.3) is 0 Å². The highest BCUT2D eigenvalue weighted by molar-refractivity contribution is 5.58. The van der Waals surface area contributed by atoms with Gasteiger partial charge >= 0.3 is 0 Å². The maximum atomic E-state index is 5.60. The number of benzene rings is 1. The Morgan fingerprint density at radius 1 is 1.22 bits per heavy atom. The topological polar surface area (TPSA) is 16.4 Å². The summed E-state index contributed by atoms with van der Waals surface area (Å²) in [5.74, 6) is 0.966. The van der Waals surface area contributed by atoms with Gasteiger partial charge in [0, 0.05) is 12.7 Å². The van der Waals surface area contributed by atoms with Crippen LogP contribution in [0.1, 0.15) is 22.9 Å². The SMILES string of the molecule is C=CCN1C=Cc2ccccc2C1c1ccco1. The van der Waals surface area contributed by atoms with Gasteiger partial charge in [-0.15, -0.1) is 6.58 Å². The fourth-order valence-corrected chi connectivity index (χ4v) is 2.43. The summed E-state index contributed by atoms with van der Waals surface area (Å²) in [7, 11) is 0. The first-order valence-corrected chi connectivity index (χ1v) is 6.07. The normalized spacial score (nSPS) is 17.6. The van der Waals surface area contributed by atoms with Crippen LogP contribution >= 0.6 is 0 Å². The zero-order chi connectivity index (χ0) is 12.4. The Balaban J connectivity index is 2.10. The van der Waals surface area contributed by atoms with Crippen LogP contribution in [-0.4, -0.2) is 11.4 Å². The summed E-state index contributed by atoms with van der Waals surface area (Å²) < 4.78 is 5.60. The molecule has 0 bridgehead atoms. The lowest BCUT2D eigenvalue weighted by Crippen LogP contribution is -2.27. The highest BCUT2D eigenvalue weighted by Gasteiger charge is 2.26. The number of rotatable bonds is 3. The second kappa shape index (κ2) is 4.57. The van der Waals surface area contributed by atoms with Gasteiger partial charge in [-0.05, 0) is 29.3 Å². The van der Waals surface area contributed by atoms with Gasteiger partial charge in [0.05, 0.1) is 6.26 Å². The van der Waals surface area contributed by atoms with E-state index in [0.717, 1.165) is 12.3 Å². The van der Waals surface area contributed by atoms with Gasteiger partial charge in [0.2, 0.25) is 0 Å². The first-order chi connectivity index (χ1) is 8.90. The van der Waals surface area contributed by atoms with Crippen molar-refractivity contribution in [2.45, 2.75) is 6.04 Å². The van der Waals surface area contributed by atoms with Crippen molar-refractivity contribution in [2.75, 3.05) is 6.54 Å². The molecular formula is C16H15NO. The van der Waals surface area contributed by atoms with Gasteiger partial charge in [-0.3, -0.25) is 0 Å². The molecule has 1 aromatic heterocycles. The predicted octanol–water partition coefficient (Wildman–Crippen LogP) is 3.84. The second-order valence-corrected chi connectivity index (χ2v) is 4.35. The van der Waals surface area contributed by atoms with Crippen LogP contribution in [0.15, 0.2) is 65.9 Å². The third-order valence-electron chi connectivity index (χ3n) is 3.22. The van der Waals surface area contributed by atoms with Crippen LogP contribution in [0, 0.1) is 0 Å². The van der Waals surface area contributed by atoms with Crippen molar-refractivity contribution in [3.8, 4) is 0 Å². The van der Waals surface area contributed by atoms with E-state index in [2.05, 4.69) is 48.0 Å². The molecule has 0 fully saturated rings. The fourth-order valence-electron chi connectivity index (χ4n) is 2.43. The molecule has 1 aromatic carbocycles. The lowest BCUT2D eigenvalue weighted by Gasteiger charge is -2.32.